The number of likely N-dealkylation sites (tertiary alicyclic amines) is 1. The summed E-state index contributed by atoms with van der Waals surface area (Å²) in [4.78, 5) is 26.0. The SMILES string of the molecule is COC(=O)C1C2CC2(c2cc(F)cc(F)c2)CN1C(=O)OC(C)(C)C. The van der Waals surface area contributed by atoms with Gasteiger partial charge < -0.3 is 9.47 Å². The molecule has 0 aromatic heterocycles. The summed E-state index contributed by atoms with van der Waals surface area (Å²) in [6.07, 6.45) is -0.0686. The molecule has 1 aromatic carbocycles. The average Bonchev–Trinajstić information content (AvgIpc) is 3.10. The second-order valence-corrected chi connectivity index (χ2v) is 7.70. The molecule has 7 heteroatoms. The van der Waals surface area contributed by atoms with Crippen LogP contribution in [-0.2, 0) is 19.7 Å². The number of piperidine rings is 1. The Morgan fingerprint density at radius 3 is 2.32 bits per heavy atom. The van der Waals surface area contributed by atoms with Crippen LogP contribution in [0.25, 0.3) is 0 Å². The molecule has 0 bridgehead atoms. The number of hydrogen-bond acceptors (Lipinski definition) is 4. The molecule has 0 radical (unpaired) electrons. The number of benzene rings is 1. The lowest BCUT2D eigenvalue weighted by molar-refractivity contribution is -0.146. The van der Waals surface area contributed by atoms with Gasteiger partial charge in [-0.1, -0.05) is 0 Å². The minimum atomic E-state index is -0.814. The summed E-state index contributed by atoms with van der Waals surface area (Å²) in [7, 11) is 1.25. The Morgan fingerprint density at radius 1 is 1.20 bits per heavy atom. The highest BCUT2D eigenvalue weighted by Gasteiger charge is 2.69. The van der Waals surface area contributed by atoms with Crippen LogP contribution in [0.1, 0.15) is 32.8 Å². The van der Waals surface area contributed by atoms with Crippen LogP contribution < -0.4 is 0 Å². The molecule has 1 aliphatic heterocycles. The summed E-state index contributed by atoms with van der Waals surface area (Å²) >= 11 is 0. The van der Waals surface area contributed by atoms with Crippen molar-refractivity contribution in [3.63, 3.8) is 0 Å². The molecular weight excluding hydrogens is 332 g/mol. The second kappa shape index (κ2) is 5.68. The van der Waals surface area contributed by atoms with Gasteiger partial charge in [0.15, 0.2) is 0 Å². The van der Waals surface area contributed by atoms with E-state index >= 15 is 0 Å². The summed E-state index contributed by atoms with van der Waals surface area (Å²) < 4.78 is 37.5. The van der Waals surface area contributed by atoms with E-state index in [1.165, 1.54) is 24.1 Å². The number of esters is 1. The Kier molecular flexibility index (Phi) is 4.00. The van der Waals surface area contributed by atoms with Gasteiger partial charge in [0, 0.05) is 23.9 Å². The minimum absolute atomic E-state index is 0.162. The highest BCUT2D eigenvalue weighted by Crippen LogP contribution is 2.62. The van der Waals surface area contributed by atoms with E-state index < -0.39 is 40.8 Å². The van der Waals surface area contributed by atoms with Crippen molar-refractivity contribution >= 4 is 12.1 Å². The van der Waals surface area contributed by atoms with Gasteiger partial charge in [-0.3, -0.25) is 4.90 Å². The molecule has 3 atom stereocenters. The number of carbonyl (C=O) groups excluding carboxylic acids is 2. The molecule has 1 saturated carbocycles. The second-order valence-electron chi connectivity index (χ2n) is 7.70. The van der Waals surface area contributed by atoms with E-state index in [1.807, 2.05) is 0 Å². The van der Waals surface area contributed by atoms with Crippen LogP contribution in [0.3, 0.4) is 0 Å². The van der Waals surface area contributed by atoms with Crippen LogP contribution in [0.2, 0.25) is 0 Å². The number of halogens is 2. The Bertz CT molecular complexity index is 710. The molecule has 1 aliphatic carbocycles. The fourth-order valence-electron chi connectivity index (χ4n) is 3.72. The molecule has 0 N–H and O–H groups in total. The van der Waals surface area contributed by atoms with Gasteiger partial charge in [-0.2, -0.15) is 0 Å². The number of carbonyl (C=O) groups is 2. The van der Waals surface area contributed by atoms with E-state index in [2.05, 4.69) is 0 Å². The van der Waals surface area contributed by atoms with E-state index in [0.717, 1.165) is 6.07 Å². The van der Waals surface area contributed by atoms with Crippen LogP contribution >= 0.6 is 0 Å². The van der Waals surface area contributed by atoms with E-state index in [4.69, 9.17) is 9.47 Å². The van der Waals surface area contributed by atoms with Gasteiger partial charge in [0.2, 0.25) is 0 Å². The lowest BCUT2D eigenvalue weighted by atomic mass is 9.94. The first-order chi connectivity index (χ1) is 11.6. The molecule has 1 heterocycles. The van der Waals surface area contributed by atoms with E-state index in [9.17, 15) is 18.4 Å². The summed E-state index contributed by atoms with van der Waals surface area (Å²) in [5, 5.41) is 0. The number of rotatable bonds is 2. The van der Waals surface area contributed by atoms with E-state index in [0.29, 0.717) is 12.0 Å². The third-order valence-corrected chi connectivity index (χ3v) is 4.81. The largest absolute Gasteiger partial charge is 0.467 e. The van der Waals surface area contributed by atoms with Crippen molar-refractivity contribution in [2.45, 2.75) is 44.2 Å². The molecule has 0 spiro atoms. The molecule has 1 saturated heterocycles. The minimum Gasteiger partial charge on any atom is -0.467 e. The Labute approximate surface area is 144 Å². The van der Waals surface area contributed by atoms with Crippen LogP contribution in [0.15, 0.2) is 18.2 Å². The molecule has 3 rings (SSSR count). The van der Waals surface area contributed by atoms with E-state index in [-0.39, 0.29) is 12.5 Å². The van der Waals surface area contributed by atoms with Gasteiger partial charge in [-0.25, -0.2) is 18.4 Å². The van der Waals surface area contributed by atoms with Crippen molar-refractivity contribution in [3.05, 3.63) is 35.4 Å². The fourth-order valence-corrected chi connectivity index (χ4v) is 3.72. The zero-order valence-corrected chi connectivity index (χ0v) is 14.6. The number of nitrogens with zero attached hydrogens (tertiary/aromatic N) is 1. The van der Waals surface area contributed by atoms with Crippen molar-refractivity contribution < 1.29 is 27.8 Å². The van der Waals surface area contributed by atoms with Crippen molar-refractivity contribution in [2.24, 2.45) is 5.92 Å². The number of hydrogen-bond donors (Lipinski definition) is 0. The van der Waals surface area contributed by atoms with Crippen LogP contribution in [0.4, 0.5) is 13.6 Å². The lowest BCUT2D eigenvalue weighted by Gasteiger charge is -2.29. The van der Waals surface area contributed by atoms with Gasteiger partial charge in [0.25, 0.3) is 0 Å². The normalized spacial score (nSPS) is 27.7. The number of methoxy groups -OCH3 is 1. The van der Waals surface area contributed by atoms with Gasteiger partial charge in [-0.15, -0.1) is 0 Å². The highest BCUT2D eigenvalue weighted by atomic mass is 19.1. The predicted octanol–water partition coefficient (Wildman–Crippen LogP) is 3.01. The topological polar surface area (TPSA) is 55.8 Å². The molecular formula is C18H21F2NO4. The first kappa shape index (κ1) is 17.6. The van der Waals surface area contributed by atoms with Crippen molar-refractivity contribution in [1.29, 1.82) is 0 Å². The van der Waals surface area contributed by atoms with Crippen LogP contribution in [0.5, 0.6) is 0 Å². The summed E-state index contributed by atoms with van der Waals surface area (Å²) in [5.41, 5.74) is -0.906. The van der Waals surface area contributed by atoms with Crippen LogP contribution in [-0.4, -0.2) is 42.3 Å². The first-order valence-corrected chi connectivity index (χ1v) is 8.11. The van der Waals surface area contributed by atoms with Gasteiger partial charge in [0.05, 0.1) is 7.11 Å². The maximum absolute atomic E-state index is 13.6. The Balaban J connectivity index is 1.93. The maximum Gasteiger partial charge on any atom is 0.411 e. The average molecular weight is 353 g/mol. The summed E-state index contributed by atoms with van der Waals surface area (Å²) in [5.74, 6) is -2.15. The number of amides is 1. The summed E-state index contributed by atoms with van der Waals surface area (Å²) in [6, 6.07) is 2.51. The smallest absolute Gasteiger partial charge is 0.411 e. The zero-order valence-electron chi connectivity index (χ0n) is 14.6. The van der Waals surface area contributed by atoms with E-state index in [1.54, 1.807) is 20.8 Å². The third-order valence-electron chi connectivity index (χ3n) is 4.81. The number of ether oxygens (including phenoxy) is 2. The molecule has 2 fully saturated rings. The molecule has 1 aromatic rings. The van der Waals surface area contributed by atoms with Crippen molar-refractivity contribution in [1.82, 2.24) is 4.90 Å². The maximum atomic E-state index is 13.6. The molecule has 2 aliphatic rings. The lowest BCUT2D eigenvalue weighted by Crippen LogP contribution is -2.46. The molecule has 136 valence electrons. The fraction of sp³-hybridized carbons (Fsp3) is 0.556. The molecule has 1 amide bonds. The third kappa shape index (κ3) is 3.07. The van der Waals surface area contributed by atoms with Gasteiger partial charge in [-0.05, 0) is 44.9 Å². The Morgan fingerprint density at radius 2 is 1.80 bits per heavy atom. The quantitative estimate of drug-likeness (QED) is 0.767. The summed E-state index contributed by atoms with van der Waals surface area (Å²) in [6.45, 7) is 5.35. The van der Waals surface area contributed by atoms with Crippen molar-refractivity contribution in [3.8, 4) is 0 Å². The standard InChI is InChI=1S/C18H21F2NO4/c1-17(2,3)25-16(23)21-9-18(8-13(18)14(21)15(22)24-4)10-5-11(19)7-12(20)6-10/h5-7,13-14H,8-9H2,1-4H3. The van der Waals surface area contributed by atoms with Gasteiger partial charge >= 0.3 is 12.1 Å². The van der Waals surface area contributed by atoms with Gasteiger partial charge in [0.1, 0.15) is 23.3 Å². The zero-order chi connectivity index (χ0) is 18.6. The highest BCUT2D eigenvalue weighted by molar-refractivity contribution is 5.84. The molecule has 25 heavy (non-hydrogen) atoms. The van der Waals surface area contributed by atoms with Crippen molar-refractivity contribution in [2.75, 3.05) is 13.7 Å². The predicted molar refractivity (Wildman–Crippen MR) is 84.9 cm³/mol. The monoisotopic (exact) mass is 353 g/mol. The first-order valence-electron chi connectivity index (χ1n) is 8.11. The number of fused-ring (bicyclic) bond motifs is 1. The van der Waals surface area contributed by atoms with Crippen LogP contribution in [0, 0.1) is 17.6 Å². The molecule has 3 unspecified atom stereocenters. The molecule has 5 nitrogen and oxygen atoms in total. The Hall–Kier alpha value is -2.18.